The van der Waals surface area contributed by atoms with Gasteiger partial charge in [0.1, 0.15) is 12.4 Å². The number of carbonyl (C=O) groups is 2. The Hall–Kier alpha value is -2.92. The number of Topliss-reactive ketones (excluding diaryl/α,β-unsaturated/α-hetero) is 2. The van der Waals surface area contributed by atoms with Crippen molar-refractivity contribution in [3.63, 3.8) is 0 Å². The van der Waals surface area contributed by atoms with E-state index < -0.39 is 0 Å². The van der Waals surface area contributed by atoms with Crippen molar-refractivity contribution in [2.24, 2.45) is 0 Å². The molecule has 4 rings (SSSR count). The molecule has 5 heteroatoms. The van der Waals surface area contributed by atoms with Crippen LogP contribution in [0.15, 0.2) is 59.8 Å². The van der Waals surface area contributed by atoms with E-state index in [1.165, 1.54) is 12.8 Å². The van der Waals surface area contributed by atoms with Gasteiger partial charge in [-0.1, -0.05) is 42.5 Å². The molecule has 156 valence electrons. The summed E-state index contributed by atoms with van der Waals surface area (Å²) < 4.78 is 5.96. The highest BCUT2D eigenvalue weighted by Gasteiger charge is 2.32. The molecule has 0 radical (unpaired) electrons. The zero-order valence-electron chi connectivity index (χ0n) is 17.4. The van der Waals surface area contributed by atoms with E-state index in [1.54, 1.807) is 25.1 Å². The third-order valence-electron chi connectivity index (χ3n) is 5.83. The summed E-state index contributed by atoms with van der Waals surface area (Å²) in [7, 11) is 0. The van der Waals surface area contributed by atoms with E-state index in [1.807, 2.05) is 30.3 Å². The minimum Gasteiger partial charge on any atom is -0.488 e. The van der Waals surface area contributed by atoms with Gasteiger partial charge in [0.05, 0.1) is 11.3 Å². The Morgan fingerprint density at radius 3 is 2.50 bits per heavy atom. The molecular formula is C25H28N2O3. The molecule has 30 heavy (non-hydrogen) atoms. The number of hydrogen-bond acceptors (Lipinski definition) is 5. The van der Waals surface area contributed by atoms with Crippen molar-refractivity contribution in [2.75, 3.05) is 26.2 Å². The first-order valence-electron chi connectivity index (χ1n) is 10.7. The third kappa shape index (κ3) is 4.31. The number of nitrogens with one attached hydrogen (secondary N) is 1. The van der Waals surface area contributed by atoms with E-state index in [0.29, 0.717) is 41.3 Å². The molecule has 0 spiro atoms. The number of benzene rings is 2. The Morgan fingerprint density at radius 2 is 1.73 bits per heavy atom. The fraction of sp³-hybridized carbons (Fsp3) is 0.360. The molecule has 5 nitrogen and oxygen atoms in total. The van der Waals surface area contributed by atoms with Crippen molar-refractivity contribution in [3.05, 3.63) is 76.5 Å². The van der Waals surface area contributed by atoms with Crippen LogP contribution in [-0.4, -0.2) is 42.6 Å². The summed E-state index contributed by atoms with van der Waals surface area (Å²) in [6.45, 7) is 6.08. The monoisotopic (exact) mass is 404 g/mol. The lowest BCUT2D eigenvalue weighted by Crippen LogP contribution is -2.32. The van der Waals surface area contributed by atoms with E-state index in [-0.39, 0.29) is 11.6 Å². The Labute approximate surface area is 177 Å². The molecule has 0 amide bonds. The summed E-state index contributed by atoms with van der Waals surface area (Å²) in [5, 5.41) is 3.24. The zero-order chi connectivity index (χ0) is 20.9. The molecule has 0 bridgehead atoms. The second kappa shape index (κ2) is 9.26. The number of ketones is 2. The average Bonchev–Trinajstić information content (AvgIpc) is 3.29. The van der Waals surface area contributed by atoms with Gasteiger partial charge in [-0.2, -0.15) is 0 Å². The fourth-order valence-corrected chi connectivity index (χ4v) is 4.16. The first kappa shape index (κ1) is 20.4. The number of nitrogens with zero attached hydrogens (tertiary/aromatic N) is 1. The molecule has 0 atom stereocenters. The number of hydrogen-bond donors (Lipinski definition) is 1. The third-order valence-corrected chi connectivity index (χ3v) is 5.83. The SMILES string of the molecule is CC1=C(NCCCN2CCCC2)C(=O)c2c(OCc3ccccc3)cccc2C1=O. The molecule has 1 fully saturated rings. The summed E-state index contributed by atoms with van der Waals surface area (Å²) in [6.07, 6.45) is 3.48. The van der Waals surface area contributed by atoms with Gasteiger partial charge in [0, 0.05) is 17.7 Å². The zero-order valence-corrected chi connectivity index (χ0v) is 17.4. The number of allylic oxidation sites excluding steroid dienone is 2. The Morgan fingerprint density at radius 1 is 0.967 bits per heavy atom. The van der Waals surface area contributed by atoms with Crippen molar-refractivity contribution in [1.82, 2.24) is 10.2 Å². The van der Waals surface area contributed by atoms with Crippen molar-refractivity contribution in [2.45, 2.75) is 32.8 Å². The maximum absolute atomic E-state index is 13.3. The highest BCUT2D eigenvalue weighted by Crippen LogP contribution is 2.32. The molecule has 1 aliphatic heterocycles. The largest absolute Gasteiger partial charge is 0.488 e. The predicted octanol–water partition coefficient (Wildman–Crippen LogP) is 3.99. The van der Waals surface area contributed by atoms with Crippen LogP contribution >= 0.6 is 0 Å². The predicted molar refractivity (Wildman–Crippen MR) is 117 cm³/mol. The van der Waals surface area contributed by atoms with Crippen molar-refractivity contribution < 1.29 is 14.3 Å². The first-order valence-corrected chi connectivity index (χ1v) is 10.7. The Balaban J connectivity index is 1.47. The first-order chi connectivity index (χ1) is 14.6. The summed E-state index contributed by atoms with van der Waals surface area (Å²) >= 11 is 0. The fourth-order valence-electron chi connectivity index (χ4n) is 4.16. The van der Waals surface area contributed by atoms with Gasteiger partial charge in [0.2, 0.25) is 5.78 Å². The quantitative estimate of drug-likeness (QED) is 0.674. The maximum Gasteiger partial charge on any atom is 0.213 e. The molecule has 1 heterocycles. The highest BCUT2D eigenvalue weighted by molar-refractivity contribution is 6.27. The minimum absolute atomic E-state index is 0.114. The number of ether oxygens (including phenoxy) is 1. The highest BCUT2D eigenvalue weighted by atomic mass is 16.5. The van der Waals surface area contributed by atoms with E-state index in [4.69, 9.17) is 4.74 Å². The second-order valence-electron chi connectivity index (χ2n) is 7.94. The van der Waals surface area contributed by atoms with Gasteiger partial charge in [-0.3, -0.25) is 9.59 Å². The second-order valence-corrected chi connectivity index (χ2v) is 7.94. The van der Waals surface area contributed by atoms with Gasteiger partial charge in [-0.05, 0) is 57.5 Å². The van der Waals surface area contributed by atoms with Gasteiger partial charge in [0.15, 0.2) is 5.78 Å². The van der Waals surface area contributed by atoms with E-state index in [9.17, 15) is 9.59 Å². The van der Waals surface area contributed by atoms with Crippen molar-refractivity contribution in [3.8, 4) is 5.75 Å². The lowest BCUT2D eigenvalue weighted by atomic mass is 9.87. The summed E-state index contributed by atoms with van der Waals surface area (Å²) in [6, 6.07) is 15.0. The Bertz CT molecular complexity index is 960. The van der Waals surface area contributed by atoms with Gasteiger partial charge in [-0.25, -0.2) is 0 Å². The molecule has 0 unspecified atom stereocenters. The van der Waals surface area contributed by atoms with Crippen LogP contribution in [-0.2, 0) is 6.61 Å². The van der Waals surface area contributed by atoms with Crippen LogP contribution in [0, 0.1) is 0 Å². The number of likely N-dealkylation sites (tertiary alicyclic amines) is 1. The van der Waals surface area contributed by atoms with Crippen LogP contribution in [0.3, 0.4) is 0 Å². The van der Waals surface area contributed by atoms with Crippen LogP contribution in [0.25, 0.3) is 0 Å². The maximum atomic E-state index is 13.3. The molecule has 2 aromatic rings. The Kier molecular flexibility index (Phi) is 6.29. The van der Waals surface area contributed by atoms with Crippen LogP contribution < -0.4 is 10.1 Å². The number of carbonyl (C=O) groups excluding carboxylic acids is 2. The van der Waals surface area contributed by atoms with E-state index in [2.05, 4.69) is 10.2 Å². The van der Waals surface area contributed by atoms with Gasteiger partial charge in [0.25, 0.3) is 0 Å². The average molecular weight is 405 g/mol. The lowest BCUT2D eigenvalue weighted by molar-refractivity contribution is 0.0964. The van der Waals surface area contributed by atoms with Crippen LogP contribution in [0.5, 0.6) is 5.75 Å². The molecule has 0 aromatic heterocycles. The van der Waals surface area contributed by atoms with E-state index in [0.717, 1.165) is 31.6 Å². The number of fused-ring (bicyclic) bond motifs is 1. The topological polar surface area (TPSA) is 58.6 Å². The lowest BCUT2D eigenvalue weighted by Gasteiger charge is -2.23. The standard InChI is InChI=1S/C25H28N2O3/c1-18-23(26-13-8-16-27-14-5-6-15-27)25(29)22-20(24(18)28)11-7-12-21(22)30-17-19-9-3-2-4-10-19/h2-4,7,9-12,26H,5-6,8,13-17H2,1H3. The van der Waals surface area contributed by atoms with Gasteiger partial charge < -0.3 is 15.0 Å². The summed E-state index contributed by atoms with van der Waals surface area (Å²) in [5.41, 5.74) is 2.69. The molecule has 1 N–H and O–H groups in total. The normalized spacial score (nSPS) is 16.7. The summed E-state index contributed by atoms with van der Waals surface area (Å²) in [5.74, 6) is 0.183. The van der Waals surface area contributed by atoms with Gasteiger partial charge in [-0.15, -0.1) is 0 Å². The van der Waals surface area contributed by atoms with Gasteiger partial charge >= 0.3 is 0 Å². The van der Waals surface area contributed by atoms with Crippen LogP contribution in [0.2, 0.25) is 0 Å². The minimum atomic E-state index is -0.160. The molecular weight excluding hydrogens is 376 g/mol. The van der Waals surface area contributed by atoms with E-state index >= 15 is 0 Å². The van der Waals surface area contributed by atoms with Crippen molar-refractivity contribution >= 4 is 11.6 Å². The van der Waals surface area contributed by atoms with Crippen LogP contribution in [0.4, 0.5) is 0 Å². The molecule has 2 aromatic carbocycles. The molecule has 2 aliphatic rings. The van der Waals surface area contributed by atoms with Crippen LogP contribution in [0.1, 0.15) is 52.5 Å². The number of rotatable bonds is 8. The van der Waals surface area contributed by atoms with Crippen molar-refractivity contribution in [1.29, 1.82) is 0 Å². The smallest absolute Gasteiger partial charge is 0.213 e. The summed E-state index contributed by atoms with van der Waals surface area (Å²) in [4.78, 5) is 28.7. The molecule has 1 saturated heterocycles. The molecule has 0 saturated carbocycles. The molecule has 1 aliphatic carbocycles.